The molecule has 1 saturated carbocycles. The van der Waals surface area contributed by atoms with Crippen LogP contribution < -0.4 is 5.32 Å². The fraction of sp³-hybridized carbons (Fsp3) is 0.600. The van der Waals surface area contributed by atoms with Gasteiger partial charge in [0.25, 0.3) is 0 Å². The second-order valence-electron chi connectivity index (χ2n) is 5.87. The molecule has 0 amide bonds. The summed E-state index contributed by atoms with van der Waals surface area (Å²) in [5.74, 6) is -0.118. The van der Waals surface area contributed by atoms with Crippen molar-refractivity contribution in [3.05, 3.63) is 34.1 Å². The van der Waals surface area contributed by atoms with Crippen molar-refractivity contribution in [2.75, 3.05) is 19.8 Å². The van der Waals surface area contributed by atoms with Gasteiger partial charge in [-0.05, 0) is 43.4 Å². The van der Waals surface area contributed by atoms with Crippen molar-refractivity contribution in [3.63, 3.8) is 0 Å². The van der Waals surface area contributed by atoms with Crippen LogP contribution in [0, 0.1) is 11.2 Å². The van der Waals surface area contributed by atoms with Gasteiger partial charge in [0.2, 0.25) is 0 Å². The van der Waals surface area contributed by atoms with Gasteiger partial charge in [-0.2, -0.15) is 0 Å². The third kappa shape index (κ3) is 3.36. The van der Waals surface area contributed by atoms with E-state index in [2.05, 4.69) is 21.2 Å². The first-order valence-electron chi connectivity index (χ1n) is 6.92. The number of rotatable bonds is 5. The van der Waals surface area contributed by atoms with Crippen LogP contribution in [-0.4, -0.2) is 25.8 Å². The largest absolute Gasteiger partial charge is 0.381 e. The summed E-state index contributed by atoms with van der Waals surface area (Å²) in [5.41, 5.74) is 0.864. The van der Waals surface area contributed by atoms with Crippen LogP contribution in [0.1, 0.15) is 24.8 Å². The maximum Gasteiger partial charge on any atom is 0.127 e. The van der Waals surface area contributed by atoms with Gasteiger partial charge < -0.3 is 10.1 Å². The van der Waals surface area contributed by atoms with Gasteiger partial charge in [0.05, 0.1) is 6.61 Å². The molecule has 1 aliphatic heterocycles. The van der Waals surface area contributed by atoms with E-state index >= 15 is 0 Å². The second-order valence-corrected chi connectivity index (χ2v) is 6.79. The van der Waals surface area contributed by atoms with Crippen LogP contribution in [0.2, 0.25) is 0 Å². The first kappa shape index (κ1) is 13.5. The molecule has 4 heteroatoms. The molecule has 1 heterocycles. The summed E-state index contributed by atoms with van der Waals surface area (Å²) in [6, 6.07) is 6.03. The fourth-order valence-electron chi connectivity index (χ4n) is 2.71. The Bertz CT molecular complexity index is 455. The van der Waals surface area contributed by atoms with Gasteiger partial charge in [-0.1, -0.05) is 22.0 Å². The molecule has 19 heavy (non-hydrogen) atoms. The van der Waals surface area contributed by atoms with E-state index in [1.165, 1.54) is 12.8 Å². The molecule has 1 aromatic carbocycles. The van der Waals surface area contributed by atoms with E-state index in [-0.39, 0.29) is 11.2 Å². The number of benzene rings is 1. The summed E-state index contributed by atoms with van der Waals surface area (Å²) < 4.78 is 20.4. The molecule has 1 aromatic rings. The number of halogens is 2. The molecule has 0 aromatic heterocycles. The lowest BCUT2D eigenvalue weighted by Gasteiger charge is -2.28. The topological polar surface area (TPSA) is 21.3 Å². The third-order valence-corrected chi connectivity index (χ3v) is 4.60. The Kier molecular flexibility index (Phi) is 3.92. The molecule has 0 spiro atoms. The van der Waals surface area contributed by atoms with Crippen molar-refractivity contribution < 1.29 is 9.13 Å². The molecule has 1 aliphatic carbocycles. The SMILES string of the molecule is Fc1cc(Br)ccc1CC1(CNC2CC2)CCOC1. The number of ether oxygens (including phenoxy) is 1. The minimum Gasteiger partial charge on any atom is -0.381 e. The van der Waals surface area contributed by atoms with Crippen LogP contribution in [0.4, 0.5) is 4.39 Å². The van der Waals surface area contributed by atoms with Gasteiger partial charge in [0, 0.05) is 29.1 Å². The van der Waals surface area contributed by atoms with Crippen LogP contribution >= 0.6 is 15.9 Å². The number of nitrogens with one attached hydrogen (secondary N) is 1. The average molecular weight is 328 g/mol. The molecule has 2 fully saturated rings. The molecular weight excluding hydrogens is 309 g/mol. The number of hydrogen-bond donors (Lipinski definition) is 1. The quantitative estimate of drug-likeness (QED) is 0.896. The Morgan fingerprint density at radius 3 is 2.89 bits per heavy atom. The summed E-state index contributed by atoms with van der Waals surface area (Å²) >= 11 is 3.30. The monoisotopic (exact) mass is 327 g/mol. The third-order valence-electron chi connectivity index (χ3n) is 4.11. The van der Waals surface area contributed by atoms with Crippen molar-refractivity contribution in [2.24, 2.45) is 5.41 Å². The Balaban J connectivity index is 1.72. The van der Waals surface area contributed by atoms with Crippen LogP contribution in [0.3, 0.4) is 0 Å². The summed E-state index contributed by atoms with van der Waals surface area (Å²) in [5, 5.41) is 3.58. The van der Waals surface area contributed by atoms with E-state index in [1.807, 2.05) is 12.1 Å². The van der Waals surface area contributed by atoms with E-state index in [0.29, 0.717) is 6.04 Å². The first-order chi connectivity index (χ1) is 9.17. The molecule has 1 N–H and O–H groups in total. The van der Waals surface area contributed by atoms with Crippen LogP contribution in [-0.2, 0) is 11.2 Å². The zero-order valence-electron chi connectivity index (χ0n) is 10.9. The van der Waals surface area contributed by atoms with Gasteiger partial charge in [-0.3, -0.25) is 0 Å². The zero-order valence-corrected chi connectivity index (χ0v) is 12.5. The summed E-state index contributed by atoms with van der Waals surface area (Å²) in [6.45, 7) is 2.47. The highest BCUT2D eigenvalue weighted by Crippen LogP contribution is 2.34. The minimum atomic E-state index is -0.118. The smallest absolute Gasteiger partial charge is 0.127 e. The lowest BCUT2D eigenvalue weighted by Crippen LogP contribution is -2.38. The summed E-state index contributed by atoms with van der Waals surface area (Å²) in [6.07, 6.45) is 4.33. The Morgan fingerprint density at radius 1 is 1.42 bits per heavy atom. The minimum absolute atomic E-state index is 0.0667. The van der Waals surface area contributed by atoms with Gasteiger partial charge in [-0.25, -0.2) is 4.39 Å². The van der Waals surface area contributed by atoms with E-state index in [9.17, 15) is 4.39 Å². The predicted molar refractivity (Wildman–Crippen MR) is 76.7 cm³/mol. The fourth-order valence-corrected chi connectivity index (χ4v) is 3.04. The first-order valence-corrected chi connectivity index (χ1v) is 7.71. The van der Waals surface area contributed by atoms with Crippen molar-refractivity contribution in [3.8, 4) is 0 Å². The van der Waals surface area contributed by atoms with Gasteiger partial charge >= 0.3 is 0 Å². The molecule has 104 valence electrons. The van der Waals surface area contributed by atoms with Gasteiger partial charge in [-0.15, -0.1) is 0 Å². The maximum absolute atomic E-state index is 14.0. The number of hydrogen-bond acceptors (Lipinski definition) is 2. The van der Waals surface area contributed by atoms with E-state index in [0.717, 1.165) is 42.6 Å². The molecule has 0 radical (unpaired) electrons. The Morgan fingerprint density at radius 2 is 2.26 bits per heavy atom. The normalized spacial score (nSPS) is 26.8. The molecule has 1 saturated heterocycles. The van der Waals surface area contributed by atoms with Crippen LogP contribution in [0.5, 0.6) is 0 Å². The highest BCUT2D eigenvalue weighted by atomic mass is 79.9. The van der Waals surface area contributed by atoms with Crippen molar-refractivity contribution in [1.82, 2.24) is 5.32 Å². The second kappa shape index (κ2) is 5.51. The Labute approximate surface area is 121 Å². The van der Waals surface area contributed by atoms with Gasteiger partial charge in [0.1, 0.15) is 5.82 Å². The lowest BCUT2D eigenvalue weighted by atomic mass is 9.80. The molecule has 2 aliphatic rings. The van der Waals surface area contributed by atoms with Crippen molar-refractivity contribution in [2.45, 2.75) is 31.7 Å². The van der Waals surface area contributed by atoms with Crippen molar-refractivity contribution in [1.29, 1.82) is 0 Å². The molecular formula is C15H19BrFNO. The molecule has 1 unspecified atom stereocenters. The molecule has 1 atom stereocenters. The van der Waals surface area contributed by atoms with E-state index in [4.69, 9.17) is 4.74 Å². The highest BCUT2D eigenvalue weighted by molar-refractivity contribution is 9.10. The Hall–Kier alpha value is -0.450. The van der Waals surface area contributed by atoms with Crippen LogP contribution in [0.25, 0.3) is 0 Å². The standard InChI is InChI=1S/C15H19BrFNO/c16-12-2-1-11(14(17)7-12)8-15(5-6-19-10-15)9-18-13-3-4-13/h1-2,7,13,18H,3-6,8-10H2. The van der Waals surface area contributed by atoms with Crippen LogP contribution in [0.15, 0.2) is 22.7 Å². The van der Waals surface area contributed by atoms with Gasteiger partial charge in [0.15, 0.2) is 0 Å². The average Bonchev–Trinajstić information content (AvgIpc) is 3.11. The molecule has 3 rings (SSSR count). The summed E-state index contributed by atoms with van der Waals surface area (Å²) in [4.78, 5) is 0. The zero-order chi connectivity index (χ0) is 13.3. The van der Waals surface area contributed by atoms with E-state index in [1.54, 1.807) is 6.07 Å². The highest BCUT2D eigenvalue weighted by Gasteiger charge is 2.37. The summed E-state index contributed by atoms with van der Waals surface area (Å²) in [7, 11) is 0. The predicted octanol–water partition coefficient (Wildman–Crippen LogP) is 3.29. The molecule has 2 nitrogen and oxygen atoms in total. The van der Waals surface area contributed by atoms with Crippen molar-refractivity contribution >= 4 is 15.9 Å². The lowest BCUT2D eigenvalue weighted by molar-refractivity contribution is 0.148. The van der Waals surface area contributed by atoms with E-state index < -0.39 is 0 Å². The molecule has 0 bridgehead atoms. The maximum atomic E-state index is 14.0.